The van der Waals surface area contributed by atoms with E-state index in [0.717, 1.165) is 0 Å². The molecule has 0 spiro atoms. The molecule has 0 nitrogen and oxygen atoms in total. The molecule has 0 aromatic carbocycles. The van der Waals surface area contributed by atoms with E-state index in [0.29, 0.717) is 17.8 Å². The molecule has 0 fully saturated rings. The molecule has 0 aromatic rings. The van der Waals surface area contributed by atoms with Crippen LogP contribution in [0.25, 0.3) is 0 Å². The Balaban J connectivity index is 0.00000169. The molecule has 0 aromatic heterocycles. The van der Waals surface area contributed by atoms with Crippen molar-refractivity contribution < 1.29 is 32.7 Å². The van der Waals surface area contributed by atoms with E-state index in [-0.39, 0.29) is 32.7 Å². The van der Waals surface area contributed by atoms with Crippen molar-refractivity contribution in [2.24, 2.45) is 17.8 Å². The number of allylic oxidation sites excluding steroid dienone is 4. The van der Waals surface area contributed by atoms with Crippen LogP contribution in [0.15, 0.2) is 17.7 Å². The van der Waals surface area contributed by atoms with Gasteiger partial charge in [-0.1, -0.05) is 46.5 Å². The Hall–Kier alpha value is 0.584. The zero-order valence-electron chi connectivity index (χ0n) is 9.88. The fraction of sp³-hybridized carbons (Fsp3) is 0.692. The molecule has 0 saturated carbocycles. The molecule has 1 rings (SSSR count). The molecule has 0 heterocycles. The average Bonchev–Trinajstić information content (AvgIpc) is 2.06. The minimum Gasteiger partial charge on any atom is -0.269 e. The zero-order chi connectivity index (χ0) is 9.84. The van der Waals surface area contributed by atoms with Gasteiger partial charge in [-0.3, -0.25) is 6.08 Å². The smallest absolute Gasteiger partial charge is 0.269 e. The van der Waals surface area contributed by atoms with Crippen LogP contribution in [0.4, 0.5) is 0 Å². The minimum atomic E-state index is 0. The molecule has 0 saturated heterocycles. The first-order chi connectivity index (χ1) is 6.09. The second kappa shape index (κ2) is 6.96. The molecule has 0 amide bonds. The summed E-state index contributed by atoms with van der Waals surface area (Å²) in [4.78, 5) is 0. The van der Waals surface area contributed by atoms with Gasteiger partial charge in [0, 0.05) is 0 Å². The van der Waals surface area contributed by atoms with E-state index in [1.165, 1.54) is 18.4 Å². The Morgan fingerprint density at radius 1 is 1.29 bits per heavy atom. The Morgan fingerprint density at radius 2 is 1.93 bits per heavy atom. The molecule has 2 atom stereocenters. The standard InChI is InChI=1S/C13H21.Y/c1-10(2)5-8-13-9-11(3)6-7-12(13)4;/h5,8,10-12H,6-7H2,1-4H3;/q-1;+3/b8-5+;. The summed E-state index contributed by atoms with van der Waals surface area (Å²) in [6, 6.07) is 0. The Kier molecular flexibility index (Phi) is 7.25. The molecule has 0 bridgehead atoms. The summed E-state index contributed by atoms with van der Waals surface area (Å²) in [7, 11) is 0. The Bertz CT molecular complexity index is 213. The maximum absolute atomic E-state index is 3.55. The molecule has 0 radical (unpaired) electrons. The van der Waals surface area contributed by atoms with Gasteiger partial charge in [0.1, 0.15) is 0 Å². The third-order valence-electron chi connectivity index (χ3n) is 2.64. The molecule has 1 aliphatic rings. The van der Waals surface area contributed by atoms with Crippen molar-refractivity contribution in [2.45, 2.75) is 40.5 Å². The van der Waals surface area contributed by atoms with E-state index < -0.39 is 0 Å². The number of rotatable bonds is 2. The van der Waals surface area contributed by atoms with Crippen molar-refractivity contribution in [1.82, 2.24) is 0 Å². The Labute approximate surface area is 114 Å². The molecule has 1 heteroatoms. The normalized spacial score (nSPS) is 27.6. The molecule has 74 valence electrons. The first-order valence-corrected chi connectivity index (χ1v) is 5.41. The van der Waals surface area contributed by atoms with Crippen LogP contribution < -0.4 is 0 Å². The van der Waals surface area contributed by atoms with E-state index in [2.05, 4.69) is 45.9 Å². The van der Waals surface area contributed by atoms with Gasteiger partial charge in [-0.05, 0) is 5.92 Å². The van der Waals surface area contributed by atoms with Gasteiger partial charge in [-0.2, -0.15) is 6.08 Å². The third-order valence-corrected chi connectivity index (χ3v) is 2.64. The summed E-state index contributed by atoms with van der Waals surface area (Å²) in [5.41, 5.74) is 1.42. The minimum absolute atomic E-state index is 0. The van der Waals surface area contributed by atoms with Gasteiger partial charge in [-0.15, -0.1) is 5.92 Å². The van der Waals surface area contributed by atoms with Gasteiger partial charge in [-0.25, -0.2) is 11.6 Å². The second-order valence-electron chi connectivity index (χ2n) is 4.58. The topological polar surface area (TPSA) is 0 Å². The van der Waals surface area contributed by atoms with Crippen LogP contribution in [0, 0.1) is 23.8 Å². The molecular weight excluding hydrogens is 245 g/mol. The van der Waals surface area contributed by atoms with Gasteiger partial charge in [0.25, 0.3) is 0 Å². The summed E-state index contributed by atoms with van der Waals surface area (Å²) in [6.45, 7) is 9.00. The third kappa shape index (κ3) is 4.89. The van der Waals surface area contributed by atoms with Crippen LogP contribution in [0.1, 0.15) is 40.5 Å². The largest absolute Gasteiger partial charge is 3.00 e. The van der Waals surface area contributed by atoms with Gasteiger partial charge >= 0.3 is 32.7 Å². The van der Waals surface area contributed by atoms with Crippen molar-refractivity contribution in [3.63, 3.8) is 0 Å². The zero-order valence-corrected chi connectivity index (χ0v) is 12.7. The molecule has 0 N–H and O–H groups in total. The quantitative estimate of drug-likeness (QED) is 0.663. The van der Waals surface area contributed by atoms with E-state index in [4.69, 9.17) is 0 Å². The summed E-state index contributed by atoms with van der Waals surface area (Å²) in [5.74, 6) is 2.02. The first-order valence-electron chi connectivity index (χ1n) is 5.41. The molecule has 1 aliphatic carbocycles. The number of hydrogen-bond acceptors (Lipinski definition) is 0. The first kappa shape index (κ1) is 14.6. The fourth-order valence-electron chi connectivity index (χ4n) is 1.66. The van der Waals surface area contributed by atoms with Gasteiger partial charge < -0.3 is 0 Å². The van der Waals surface area contributed by atoms with E-state index >= 15 is 0 Å². The average molecular weight is 266 g/mol. The maximum Gasteiger partial charge on any atom is 3.00 e. The second-order valence-corrected chi connectivity index (χ2v) is 4.58. The van der Waals surface area contributed by atoms with Gasteiger partial charge in [0.2, 0.25) is 0 Å². The van der Waals surface area contributed by atoms with Crippen molar-refractivity contribution >= 4 is 0 Å². The molecule has 2 unspecified atom stereocenters. The van der Waals surface area contributed by atoms with Crippen molar-refractivity contribution in [3.8, 4) is 0 Å². The van der Waals surface area contributed by atoms with Crippen LogP contribution in [0.2, 0.25) is 0 Å². The van der Waals surface area contributed by atoms with E-state index in [1.807, 2.05) is 0 Å². The van der Waals surface area contributed by atoms with Crippen LogP contribution in [-0.4, -0.2) is 0 Å². The molecule has 14 heavy (non-hydrogen) atoms. The maximum atomic E-state index is 3.55. The summed E-state index contributed by atoms with van der Waals surface area (Å²) >= 11 is 0. The monoisotopic (exact) mass is 266 g/mol. The van der Waals surface area contributed by atoms with Crippen LogP contribution in [0.3, 0.4) is 0 Å². The predicted octanol–water partition coefficient (Wildman–Crippen LogP) is 3.99. The molecule has 0 aliphatic heterocycles. The van der Waals surface area contributed by atoms with Gasteiger partial charge in [0.15, 0.2) is 0 Å². The SMILES string of the molecule is CC(C)/C=C/C1=[C-]C(C)CCC1C.[Y+3]. The summed E-state index contributed by atoms with van der Waals surface area (Å²) < 4.78 is 0. The predicted molar refractivity (Wildman–Crippen MR) is 58.3 cm³/mol. The summed E-state index contributed by atoms with van der Waals surface area (Å²) in [6.07, 6.45) is 10.7. The summed E-state index contributed by atoms with van der Waals surface area (Å²) in [5, 5.41) is 0. The van der Waals surface area contributed by atoms with Crippen molar-refractivity contribution in [3.05, 3.63) is 23.8 Å². The van der Waals surface area contributed by atoms with Crippen LogP contribution in [-0.2, 0) is 32.7 Å². The van der Waals surface area contributed by atoms with Gasteiger partial charge in [0.05, 0.1) is 0 Å². The van der Waals surface area contributed by atoms with Crippen LogP contribution in [0.5, 0.6) is 0 Å². The number of hydrogen-bond donors (Lipinski definition) is 0. The molecular formula is C13H21Y+2. The van der Waals surface area contributed by atoms with Crippen molar-refractivity contribution in [2.75, 3.05) is 0 Å². The Morgan fingerprint density at radius 3 is 2.50 bits per heavy atom. The fourth-order valence-corrected chi connectivity index (χ4v) is 1.66. The van der Waals surface area contributed by atoms with Crippen LogP contribution >= 0.6 is 0 Å². The van der Waals surface area contributed by atoms with E-state index in [1.54, 1.807) is 0 Å². The van der Waals surface area contributed by atoms with E-state index in [9.17, 15) is 0 Å². The van der Waals surface area contributed by atoms with Crippen molar-refractivity contribution in [1.29, 1.82) is 0 Å².